The Labute approximate surface area is 105 Å². The van der Waals surface area contributed by atoms with Crippen molar-refractivity contribution in [3.63, 3.8) is 0 Å². The first-order valence-corrected chi connectivity index (χ1v) is 6.53. The van der Waals surface area contributed by atoms with E-state index in [-0.39, 0.29) is 0 Å². The summed E-state index contributed by atoms with van der Waals surface area (Å²) in [6, 6.07) is 6.40. The third kappa shape index (κ3) is 2.29. The molecule has 0 aromatic heterocycles. The summed E-state index contributed by atoms with van der Waals surface area (Å²) in [5, 5.41) is 0. The summed E-state index contributed by atoms with van der Waals surface area (Å²) in [7, 11) is 0. The first-order valence-electron chi connectivity index (χ1n) is 5.74. The lowest BCUT2D eigenvalue weighted by atomic mass is 10.0. The van der Waals surface area contributed by atoms with Crippen molar-refractivity contribution in [3.05, 3.63) is 28.2 Å². The summed E-state index contributed by atoms with van der Waals surface area (Å²) in [6.45, 7) is 3.37. The average Bonchev–Trinajstić information content (AvgIpc) is 2.30. The van der Waals surface area contributed by atoms with Crippen molar-refractivity contribution < 1.29 is 4.79 Å². The normalized spacial score (nSPS) is 20.9. The van der Waals surface area contributed by atoms with E-state index < -0.39 is 0 Å². The summed E-state index contributed by atoms with van der Waals surface area (Å²) in [4.78, 5) is 13.1. The van der Waals surface area contributed by atoms with E-state index in [1.54, 1.807) is 0 Å². The minimum Gasteiger partial charge on any atom is -0.368 e. The molecule has 1 unspecified atom stereocenters. The van der Waals surface area contributed by atoms with Gasteiger partial charge in [-0.15, -0.1) is 0 Å². The molecule has 1 saturated heterocycles. The van der Waals surface area contributed by atoms with Gasteiger partial charge in [-0.05, 0) is 60.3 Å². The Bertz CT molecular complexity index is 392. The third-order valence-electron chi connectivity index (χ3n) is 3.22. The first kappa shape index (κ1) is 11.6. The number of rotatable bonds is 2. The van der Waals surface area contributed by atoms with E-state index in [9.17, 15) is 4.79 Å². The van der Waals surface area contributed by atoms with Crippen LogP contribution in [0.5, 0.6) is 0 Å². The Balaban J connectivity index is 2.28. The standard InChI is InChI=1S/C13H16BrNO/c1-10-4-2-3-7-15(10)13-6-5-11(9-16)8-12(13)14/h5-6,8-10H,2-4,7H2,1H3. The molecule has 1 fully saturated rings. The van der Waals surface area contributed by atoms with E-state index in [1.807, 2.05) is 18.2 Å². The van der Waals surface area contributed by atoms with E-state index in [1.165, 1.54) is 24.9 Å². The lowest BCUT2D eigenvalue weighted by molar-refractivity contribution is 0.112. The summed E-state index contributed by atoms with van der Waals surface area (Å²) in [5.41, 5.74) is 1.93. The van der Waals surface area contributed by atoms with Crippen LogP contribution in [-0.2, 0) is 0 Å². The van der Waals surface area contributed by atoms with Crippen molar-refractivity contribution in [2.24, 2.45) is 0 Å². The van der Waals surface area contributed by atoms with Crippen LogP contribution in [0.4, 0.5) is 5.69 Å². The fourth-order valence-electron chi connectivity index (χ4n) is 2.29. The zero-order valence-electron chi connectivity index (χ0n) is 9.45. The highest BCUT2D eigenvalue weighted by Gasteiger charge is 2.20. The fourth-order valence-corrected chi connectivity index (χ4v) is 2.91. The van der Waals surface area contributed by atoms with E-state index in [0.717, 1.165) is 22.9 Å². The van der Waals surface area contributed by atoms with Gasteiger partial charge >= 0.3 is 0 Å². The van der Waals surface area contributed by atoms with Crippen molar-refractivity contribution >= 4 is 27.9 Å². The van der Waals surface area contributed by atoms with Gasteiger partial charge in [0.05, 0.1) is 5.69 Å². The molecule has 1 aliphatic rings. The lowest BCUT2D eigenvalue weighted by Crippen LogP contribution is -2.37. The number of carbonyl (C=O) groups is 1. The molecule has 2 rings (SSSR count). The predicted octanol–water partition coefficient (Wildman–Crippen LogP) is 3.64. The molecule has 86 valence electrons. The largest absolute Gasteiger partial charge is 0.368 e. The SMILES string of the molecule is CC1CCCCN1c1ccc(C=O)cc1Br. The van der Waals surface area contributed by atoms with Gasteiger partial charge in [0, 0.05) is 22.6 Å². The average molecular weight is 282 g/mol. The number of hydrogen-bond acceptors (Lipinski definition) is 2. The maximum absolute atomic E-state index is 10.7. The number of piperidine rings is 1. The van der Waals surface area contributed by atoms with Crippen LogP contribution in [0.25, 0.3) is 0 Å². The second-order valence-electron chi connectivity index (χ2n) is 4.37. The van der Waals surface area contributed by atoms with Gasteiger partial charge in [0.15, 0.2) is 0 Å². The molecule has 0 N–H and O–H groups in total. The summed E-state index contributed by atoms with van der Waals surface area (Å²) in [5.74, 6) is 0. The van der Waals surface area contributed by atoms with Crippen LogP contribution in [0.3, 0.4) is 0 Å². The Morgan fingerprint density at radius 2 is 2.25 bits per heavy atom. The number of halogens is 1. The topological polar surface area (TPSA) is 20.3 Å². The second-order valence-corrected chi connectivity index (χ2v) is 5.22. The maximum Gasteiger partial charge on any atom is 0.150 e. The number of anilines is 1. The molecule has 1 aromatic carbocycles. The zero-order valence-corrected chi connectivity index (χ0v) is 11.0. The van der Waals surface area contributed by atoms with Crippen LogP contribution in [0.15, 0.2) is 22.7 Å². The highest BCUT2D eigenvalue weighted by Crippen LogP contribution is 2.31. The Morgan fingerprint density at radius 3 is 2.88 bits per heavy atom. The first-order chi connectivity index (χ1) is 7.72. The summed E-state index contributed by atoms with van der Waals surface area (Å²) in [6.07, 6.45) is 4.71. The molecule has 1 aromatic rings. The molecule has 2 nitrogen and oxygen atoms in total. The van der Waals surface area contributed by atoms with Gasteiger partial charge < -0.3 is 4.90 Å². The van der Waals surface area contributed by atoms with Gasteiger partial charge in [0.25, 0.3) is 0 Å². The Morgan fingerprint density at radius 1 is 1.44 bits per heavy atom. The van der Waals surface area contributed by atoms with Crippen LogP contribution in [0.2, 0.25) is 0 Å². The molecule has 0 spiro atoms. The monoisotopic (exact) mass is 281 g/mol. The van der Waals surface area contributed by atoms with Crippen molar-refractivity contribution in [2.75, 3.05) is 11.4 Å². The van der Waals surface area contributed by atoms with Crippen LogP contribution < -0.4 is 4.90 Å². The molecule has 3 heteroatoms. The van der Waals surface area contributed by atoms with Crippen molar-refractivity contribution in [1.82, 2.24) is 0 Å². The number of nitrogens with zero attached hydrogens (tertiary/aromatic N) is 1. The van der Waals surface area contributed by atoms with E-state index in [4.69, 9.17) is 0 Å². The van der Waals surface area contributed by atoms with Crippen molar-refractivity contribution in [1.29, 1.82) is 0 Å². The number of benzene rings is 1. The molecule has 1 aliphatic heterocycles. The van der Waals surface area contributed by atoms with E-state index in [0.29, 0.717) is 6.04 Å². The van der Waals surface area contributed by atoms with Crippen LogP contribution >= 0.6 is 15.9 Å². The molecule has 1 atom stereocenters. The molecule has 0 aliphatic carbocycles. The van der Waals surface area contributed by atoms with Gasteiger partial charge in [-0.3, -0.25) is 4.79 Å². The van der Waals surface area contributed by atoms with E-state index >= 15 is 0 Å². The minimum absolute atomic E-state index is 0.590. The van der Waals surface area contributed by atoms with Crippen LogP contribution in [0, 0.1) is 0 Å². The Hall–Kier alpha value is -0.830. The highest BCUT2D eigenvalue weighted by atomic mass is 79.9. The molecule has 0 radical (unpaired) electrons. The molecule has 0 bridgehead atoms. The maximum atomic E-state index is 10.7. The van der Waals surface area contributed by atoms with Gasteiger partial charge in [-0.1, -0.05) is 0 Å². The van der Waals surface area contributed by atoms with Crippen molar-refractivity contribution in [2.45, 2.75) is 32.2 Å². The predicted molar refractivity (Wildman–Crippen MR) is 70.2 cm³/mol. The minimum atomic E-state index is 0.590. The smallest absolute Gasteiger partial charge is 0.150 e. The molecular formula is C13H16BrNO. The fraction of sp³-hybridized carbons (Fsp3) is 0.462. The lowest BCUT2D eigenvalue weighted by Gasteiger charge is -2.36. The quantitative estimate of drug-likeness (QED) is 0.772. The molecule has 0 amide bonds. The number of hydrogen-bond donors (Lipinski definition) is 0. The highest BCUT2D eigenvalue weighted by molar-refractivity contribution is 9.10. The zero-order chi connectivity index (χ0) is 11.5. The summed E-state index contributed by atoms with van der Waals surface area (Å²) < 4.78 is 1.02. The molecular weight excluding hydrogens is 266 g/mol. The van der Waals surface area contributed by atoms with Gasteiger partial charge in [-0.25, -0.2) is 0 Å². The van der Waals surface area contributed by atoms with Crippen LogP contribution in [-0.4, -0.2) is 18.9 Å². The van der Waals surface area contributed by atoms with Gasteiger partial charge in [0.1, 0.15) is 6.29 Å². The van der Waals surface area contributed by atoms with Crippen LogP contribution in [0.1, 0.15) is 36.5 Å². The molecule has 0 saturated carbocycles. The third-order valence-corrected chi connectivity index (χ3v) is 3.86. The number of aldehydes is 1. The Kier molecular flexibility index (Phi) is 3.64. The molecule has 1 heterocycles. The number of carbonyl (C=O) groups excluding carboxylic acids is 1. The molecule has 16 heavy (non-hydrogen) atoms. The van der Waals surface area contributed by atoms with Gasteiger partial charge in [-0.2, -0.15) is 0 Å². The second kappa shape index (κ2) is 5.00. The summed E-state index contributed by atoms with van der Waals surface area (Å²) >= 11 is 3.55. The van der Waals surface area contributed by atoms with Gasteiger partial charge in [0.2, 0.25) is 0 Å². The van der Waals surface area contributed by atoms with Crippen molar-refractivity contribution in [3.8, 4) is 0 Å². The van der Waals surface area contributed by atoms with E-state index in [2.05, 4.69) is 27.8 Å².